The first-order valence-corrected chi connectivity index (χ1v) is 10.6. The number of rotatable bonds is 5. The van der Waals surface area contributed by atoms with Gasteiger partial charge in [0.25, 0.3) is 0 Å². The normalized spacial score (nSPS) is 23.4. The molecule has 2 fully saturated rings. The number of hydrogen-bond donors (Lipinski definition) is 2. The van der Waals surface area contributed by atoms with Crippen LogP contribution in [0.3, 0.4) is 0 Å². The van der Waals surface area contributed by atoms with Crippen LogP contribution in [0.25, 0.3) is 22.0 Å². The monoisotopic (exact) mass is 399 g/mol. The zero-order chi connectivity index (χ0) is 20.7. The zero-order valence-corrected chi connectivity index (χ0v) is 17.0. The zero-order valence-electron chi connectivity index (χ0n) is 17.0. The van der Waals surface area contributed by atoms with Gasteiger partial charge in [-0.25, -0.2) is 0 Å². The number of aryl methyl sites for hydroxylation is 1. The van der Waals surface area contributed by atoms with Gasteiger partial charge >= 0.3 is 0 Å². The predicted molar refractivity (Wildman–Crippen MR) is 115 cm³/mol. The number of hydrogen-bond acceptors (Lipinski definition) is 4. The number of benzene rings is 2. The lowest BCUT2D eigenvalue weighted by Crippen LogP contribution is -2.50. The molecule has 3 unspecified atom stereocenters. The maximum atomic E-state index is 12.6. The minimum absolute atomic E-state index is 0.0323. The molecule has 2 aliphatic rings. The molecule has 1 aliphatic carbocycles. The van der Waals surface area contributed by atoms with Crippen LogP contribution >= 0.6 is 0 Å². The first kappa shape index (κ1) is 18.8. The van der Waals surface area contributed by atoms with Gasteiger partial charge in [0, 0.05) is 24.9 Å². The molecule has 2 aromatic carbocycles. The van der Waals surface area contributed by atoms with Crippen molar-refractivity contribution in [3.05, 3.63) is 54.2 Å². The fourth-order valence-electron chi connectivity index (χ4n) is 4.95. The molecule has 2 N–H and O–H groups in total. The van der Waals surface area contributed by atoms with Crippen molar-refractivity contribution in [2.75, 3.05) is 0 Å². The summed E-state index contributed by atoms with van der Waals surface area (Å²) in [6.45, 7) is 0. The molecule has 30 heavy (non-hydrogen) atoms. The highest BCUT2D eigenvalue weighted by atomic mass is 16.2. The van der Waals surface area contributed by atoms with Crippen molar-refractivity contribution >= 4 is 16.8 Å². The van der Waals surface area contributed by atoms with Gasteiger partial charge in [0.2, 0.25) is 5.91 Å². The number of nitrogens with zero attached hydrogens (tertiary/aromatic N) is 3. The number of nitriles is 1. The Hall–Kier alpha value is -3.17. The summed E-state index contributed by atoms with van der Waals surface area (Å²) in [4.78, 5) is 12.6. The number of carbonyl (C=O) groups excluding carboxylic acids is 1. The maximum absolute atomic E-state index is 12.6. The van der Waals surface area contributed by atoms with Gasteiger partial charge in [-0.05, 0) is 54.0 Å². The van der Waals surface area contributed by atoms with Gasteiger partial charge < -0.3 is 10.6 Å². The van der Waals surface area contributed by atoms with E-state index in [1.807, 2.05) is 30.1 Å². The molecule has 5 rings (SSSR count). The Bertz CT molecular complexity index is 1130. The molecule has 4 atom stereocenters. The first-order valence-electron chi connectivity index (χ1n) is 10.6. The summed E-state index contributed by atoms with van der Waals surface area (Å²) in [5.74, 6) is 0.390. The largest absolute Gasteiger partial charge is 0.339 e. The van der Waals surface area contributed by atoms with E-state index in [1.165, 1.54) is 0 Å². The summed E-state index contributed by atoms with van der Waals surface area (Å²) in [5, 5.41) is 21.3. The Morgan fingerprint density at radius 1 is 1.27 bits per heavy atom. The predicted octanol–water partition coefficient (Wildman–Crippen LogP) is 2.93. The van der Waals surface area contributed by atoms with E-state index in [2.05, 4.69) is 52.1 Å². The lowest BCUT2D eigenvalue weighted by atomic mass is 9.98. The Labute approximate surface area is 175 Å². The van der Waals surface area contributed by atoms with Gasteiger partial charge in [-0.1, -0.05) is 30.3 Å². The summed E-state index contributed by atoms with van der Waals surface area (Å²) in [6.07, 6.45) is 5.74. The van der Waals surface area contributed by atoms with E-state index >= 15 is 0 Å². The number of nitrogens with one attached hydrogen (secondary N) is 2. The standard InChI is InChI=1S/C24H25N5O/c1-29-22-9-7-17(11-19(22)14-26-29)16-4-2-15(3-5-16)10-21(13-25)28-24(30)23-18-6-8-20(12-18)27-23/h2-5,7,9,11,14,18,20-21,23,27H,6,8,10,12H2,1H3,(H,28,30)/t18?,20?,21-,23?/m0/s1. The van der Waals surface area contributed by atoms with Crippen LogP contribution in [-0.2, 0) is 18.3 Å². The molecule has 0 spiro atoms. The third-order valence-electron chi connectivity index (χ3n) is 6.59. The van der Waals surface area contributed by atoms with E-state index in [0.29, 0.717) is 18.4 Å². The number of carbonyl (C=O) groups is 1. The van der Waals surface area contributed by atoms with E-state index < -0.39 is 6.04 Å². The fourth-order valence-corrected chi connectivity index (χ4v) is 4.95. The summed E-state index contributed by atoms with van der Waals surface area (Å²) in [7, 11) is 1.94. The lowest BCUT2D eigenvalue weighted by Gasteiger charge is -2.23. The van der Waals surface area contributed by atoms with Crippen molar-refractivity contribution in [1.82, 2.24) is 20.4 Å². The molecule has 1 amide bonds. The minimum Gasteiger partial charge on any atom is -0.339 e. The van der Waals surface area contributed by atoms with Gasteiger partial charge in [-0.15, -0.1) is 0 Å². The van der Waals surface area contributed by atoms with E-state index in [9.17, 15) is 10.1 Å². The quantitative estimate of drug-likeness (QED) is 0.691. The number of piperidine rings is 1. The molecular formula is C24H25N5O. The molecule has 3 aromatic rings. The summed E-state index contributed by atoms with van der Waals surface area (Å²) < 4.78 is 1.87. The molecule has 6 heteroatoms. The van der Waals surface area contributed by atoms with Gasteiger partial charge in [0.05, 0.1) is 23.8 Å². The molecule has 6 nitrogen and oxygen atoms in total. The van der Waals surface area contributed by atoms with Crippen molar-refractivity contribution in [1.29, 1.82) is 5.26 Å². The number of fused-ring (bicyclic) bond motifs is 3. The van der Waals surface area contributed by atoms with Gasteiger partial charge in [0.1, 0.15) is 6.04 Å². The van der Waals surface area contributed by atoms with Crippen molar-refractivity contribution < 1.29 is 4.79 Å². The van der Waals surface area contributed by atoms with Crippen LogP contribution in [0.1, 0.15) is 24.8 Å². The lowest BCUT2D eigenvalue weighted by molar-refractivity contribution is -0.124. The topological polar surface area (TPSA) is 82.7 Å². The van der Waals surface area contributed by atoms with Crippen LogP contribution in [0.4, 0.5) is 0 Å². The van der Waals surface area contributed by atoms with Crippen LogP contribution in [0.15, 0.2) is 48.7 Å². The van der Waals surface area contributed by atoms with E-state index in [0.717, 1.165) is 46.9 Å². The Kier molecular flexibility index (Phi) is 4.76. The molecule has 1 saturated heterocycles. The van der Waals surface area contributed by atoms with Crippen molar-refractivity contribution in [2.45, 2.75) is 43.8 Å². The minimum atomic E-state index is -0.518. The Balaban J connectivity index is 1.25. The molecule has 0 radical (unpaired) electrons. The average molecular weight is 399 g/mol. The first-order chi connectivity index (χ1) is 14.6. The van der Waals surface area contributed by atoms with Crippen LogP contribution in [0.5, 0.6) is 0 Å². The van der Waals surface area contributed by atoms with Gasteiger partial charge in [-0.2, -0.15) is 10.4 Å². The maximum Gasteiger partial charge on any atom is 0.238 e. The third kappa shape index (κ3) is 3.46. The highest BCUT2D eigenvalue weighted by Crippen LogP contribution is 2.35. The SMILES string of the molecule is Cn1ncc2cc(-c3ccc(C[C@@H](C#N)NC(=O)C4NC5CCC4C5)cc3)ccc21. The summed E-state index contributed by atoms with van der Waals surface area (Å²) in [6, 6.07) is 16.6. The van der Waals surface area contributed by atoms with Crippen LogP contribution in [-0.4, -0.2) is 33.8 Å². The van der Waals surface area contributed by atoms with Crippen molar-refractivity contribution in [2.24, 2.45) is 13.0 Å². The fraction of sp³-hybridized carbons (Fsp3) is 0.375. The van der Waals surface area contributed by atoms with E-state index in [1.54, 1.807) is 0 Å². The summed E-state index contributed by atoms with van der Waals surface area (Å²) in [5.41, 5.74) is 4.39. The second-order valence-electron chi connectivity index (χ2n) is 8.55. The molecule has 2 heterocycles. The molecule has 1 aromatic heterocycles. The smallest absolute Gasteiger partial charge is 0.238 e. The molecule has 1 saturated carbocycles. The Morgan fingerprint density at radius 2 is 2.07 bits per heavy atom. The third-order valence-corrected chi connectivity index (χ3v) is 6.59. The molecule has 2 bridgehead atoms. The van der Waals surface area contributed by atoms with Crippen molar-refractivity contribution in [3.63, 3.8) is 0 Å². The highest BCUT2D eigenvalue weighted by molar-refractivity contribution is 5.85. The number of amides is 1. The molecule has 152 valence electrons. The second kappa shape index (κ2) is 7.58. The van der Waals surface area contributed by atoms with Crippen molar-refractivity contribution in [3.8, 4) is 17.2 Å². The Morgan fingerprint density at radius 3 is 2.77 bits per heavy atom. The second-order valence-corrected chi connectivity index (χ2v) is 8.55. The van der Waals surface area contributed by atoms with E-state index in [4.69, 9.17) is 0 Å². The van der Waals surface area contributed by atoms with Gasteiger partial charge in [0.15, 0.2) is 0 Å². The van der Waals surface area contributed by atoms with Crippen LogP contribution in [0.2, 0.25) is 0 Å². The number of aromatic nitrogens is 2. The van der Waals surface area contributed by atoms with Crippen LogP contribution < -0.4 is 10.6 Å². The van der Waals surface area contributed by atoms with Crippen LogP contribution in [0, 0.1) is 17.2 Å². The van der Waals surface area contributed by atoms with Gasteiger partial charge in [-0.3, -0.25) is 9.48 Å². The highest BCUT2D eigenvalue weighted by Gasteiger charge is 2.43. The van der Waals surface area contributed by atoms with E-state index in [-0.39, 0.29) is 11.9 Å². The molecular weight excluding hydrogens is 374 g/mol. The summed E-state index contributed by atoms with van der Waals surface area (Å²) >= 11 is 0. The average Bonchev–Trinajstić information content (AvgIpc) is 3.50. The molecule has 1 aliphatic heterocycles.